The Kier molecular flexibility index (Phi) is 4.35. The van der Waals surface area contributed by atoms with Gasteiger partial charge in [-0.25, -0.2) is 0 Å². The van der Waals surface area contributed by atoms with Crippen LogP contribution in [0.15, 0.2) is 4.52 Å². The highest BCUT2D eigenvalue weighted by Gasteiger charge is 2.22. The summed E-state index contributed by atoms with van der Waals surface area (Å²) in [6.45, 7) is 9.52. The summed E-state index contributed by atoms with van der Waals surface area (Å²) in [4.78, 5) is 6.81. The molecule has 0 amide bonds. The second-order valence-electron chi connectivity index (χ2n) is 5.64. The molecule has 0 aromatic carbocycles. The third-order valence-corrected chi connectivity index (χ3v) is 3.83. The van der Waals surface area contributed by atoms with Crippen LogP contribution in [0.2, 0.25) is 0 Å². The molecule has 0 saturated carbocycles. The molecule has 2 atom stereocenters. The Morgan fingerprint density at radius 3 is 2.56 bits per heavy atom. The van der Waals surface area contributed by atoms with E-state index in [2.05, 4.69) is 35.8 Å². The zero-order chi connectivity index (χ0) is 13.1. The molecule has 2 heterocycles. The molecule has 5 nitrogen and oxygen atoms in total. The van der Waals surface area contributed by atoms with Gasteiger partial charge < -0.3 is 15.2 Å². The lowest BCUT2D eigenvalue weighted by atomic mass is 9.98. The van der Waals surface area contributed by atoms with Crippen molar-refractivity contribution in [1.29, 1.82) is 0 Å². The summed E-state index contributed by atoms with van der Waals surface area (Å²) in [5.41, 5.74) is 6.14. The van der Waals surface area contributed by atoms with E-state index in [0.717, 1.165) is 19.6 Å². The van der Waals surface area contributed by atoms with Crippen LogP contribution in [-0.2, 0) is 0 Å². The number of rotatable bonds is 5. The second-order valence-corrected chi connectivity index (χ2v) is 5.64. The fourth-order valence-electron chi connectivity index (χ4n) is 2.19. The maximum absolute atomic E-state index is 6.14. The molecule has 0 bridgehead atoms. The van der Waals surface area contributed by atoms with Gasteiger partial charge in [0.05, 0.1) is 6.04 Å². The summed E-state index contributed by atoms with van der Waals surface area (Å²) in [5.74, 6) is 2.12. The minimum atomic E-state index is -0.139. The zero-order valence-electron chi connectivity index (χ0n) is 11.6. The lowest BCUT2D eigenvalue weighted by Crippen LogP contribution is -2.30. The van der Waals surface area contributed by atoms with E-state index in [0.29, 0.717) is 17.6 Å². The summed E-state index contributed by atoms with van der Waals surface area (Å²) in [7, 11) is 0. The van der Waals surface area contributed by atoms with Crippen molar-refractivity contribution in [2.75, 3.05) is 19.6 Å². The minimum Gasteiger partial charge on any atom is -0.339 e. The maximum Gasteiger partial charge on any atom is 0.229 e. The third kappa shape index (κ3) is 3.09. The van der Waals surface area contributed by atoms with Crippen LogP contribution in [0.25, 0.3) is 0 Å². The van der Waals surface area contributed by atoms with Crippen molar-refractivity contribution in [2.45, 2.75) is 45.6 Å². The van der Waals surface area contributed by atoms with E-state index in [1.807, 2.05) is 0 Å². The Hall–Kier alpha value is -0.940. The summed E-state index contributed by atoms with van der Waals surface area (Å²) in [5, 5.41) is 4.02. The quantitative estimate of drug-likeness (QED) is 0.867. The Morgan fingerprint density at radius 2 is 1.94 bits per heavy atom. The first kappa shape index (κ1) is 13.5. The van der Waals surface area contributed by atoms with Gasteiger partial charge in [-0.2, -0.15) is 4.98 Å². The molecule has 2 rings (SSSR count). The van der Waals surface area contributed by atoms with Crippen LogP contribution in [0.1, 0.15) is 57.3 Å². The summed E-state index contributed by atoms with van der Waals surface area (Å²) in [6, 6.07) is -0.139. The molecule has 1 aliphatic heterocycles. The van der Waals surface area contributed by atoms with Crippen molar-refractivity contribution in [3.63, 3.8) is 0 Å². The Bertz CT molecular complexity index is 371. The molecule has 1 aromatic rings. The highest BCUT2D eigenvalue weighted by atomic mass is 16.5. The van der Waals surface area contributed by atoms with E-state index in [1.54, 1.807) is 0 Å². The van der Waals surface area contributed by atoms with Crippen molar-refractivity contribution in [3.05, 3.63) is 11.7 Å². The molecule has 1 aliphatic rings. The SMILES string of the molecule is CC(C)C(C)c1nc(C(N)CN2CCCC2)no1. The van der Waals surface area contributed by atoms with Gasteiger partial charge in [0.1, 0.15) is 0 Å². The van der Waals surface area contributed by atoms with Gasteiger partial charge in [0.25, 0.3) is 0 Å². The van der Waals surface area contributed by atoms with E-state index in [4.69, 9.17) is 10.3 Å². The average Bonchev–Trinajstić information content (AvgIpc) is 2.97. The predicted molar refractivity (Wildman–Crippen MR) is 70.2 cm³/mol. The molecule has 1 aromatic heterocycles. The van der Waals surface area contributed by atoms with Crippen molar-refractivity contribution in [1.82, 2.24) is 15.0 Å². The second kappa shape index (κ2) is 5.80. The first-order chi connectivity index (χ1) is 8.58. The van der Waals surface area contributed by atoms with Crippen molar-refractivity contribution in [3.8, 4) is 0 Å². The summed E-state index contributed by atoms with van der Waals surface area (Å²) in [6.07, 6.45) is 2.54. The highest BCUT2D eigenvalue weighted by Crippen LogP contribution is 2.23. The molecular weight excluding hydrogens is 228 g/mol. The average molecular weight is 252 g/mol. The first-order valence-corrected chi connectivity index (χ1v) is 6.89. The van der Waals surface area contributed by atoms with Gasteiger partial charge in [-0.3, -0.25) is 0 Å². The normalized spacial score (nSPS) is 20.5. The van der Waals surface area contributed by atoms with E-state index in [1.165, 1.54) is 12.8 Å². The molecule has 1 saturated heterocycles. The molecule has 2 N–H and O–H groups in total. The number of hydrogen-bond acceptors (Lipinski definition) is 5. The number of aromatic nitrogens is 2. The highest BCUT2D eigenvalue weighted by molar-refractivity contribution is 4.98. The number of hydrogen-bond donors (Lipinski definition) is 1. The van der Waals surface area contributed by atoms with E-state index >= 15 is 0 Å². The molecule has 102 valence electrons. The summed E-state index contributed by atoms with van der Waals surface area (Å²) >= 11 is 0. The van der Waals surface area contributed by atoms with Gasteiger partial charge >= 0.3 is 0 Å². The van der Waals surface area contributed by atoms with Gasteiger partial charge in [0.15, 0.2) is 5.82 Å². The molecule has 0 radical (unpaired) electrons. The molecule has 0 spiro atoms. The van der Waals surface area contributed by atoms with Crippen LogP contribution in [0.4, 0.5) is 0 Å². The largest absolute Gasteiger partial charge is 0.339 e. The molecule has 1 fully saturated rings. The standard InChI is InChI=1S/C13H24N4O/c1-9(2)10(3)13-15-12(16-18-13)11(14)8-17-6-4-5-7-17/h9-11H,4-8,14H2,1-3H3. The Morgan fingerprint density at radius 1 is 1.28 bits per heavy atom. The predicted octanol–water partition coefficient (Wildman–Crippen LogP) is 1.92. The lowest BCUT2D eigenvalue weighted by molar-refractivity contribution is 0.301. The summed E-state index contributed by atoms with van der Waals surface area (Å²) < 4.78 is 5.31. The van der Waals surface area contributed by atoms with Crippen LogP contribution in [0, 0.1) is 5.92 Å². The van der Waals surface area contributed by atoms with Gasteiger partial charge in [-0.15, -0.1) is 0 Å². The molecular formula is C13H24N4O. The van der Waals surface area contributed by atoms with Gasteiger partial charge in [0, 0.05) is 12.5 Å². The monoisotopic (exact) mass is 252 g/mol. The third-order valence-electron chi connectivity index (χ3n) is 3.83. The van der Waals surface area contributed by atoms with E-state index < -0.39 is 0 Å². The smallest absolute Gasteiger partial charge is 0.229 e. The van der Waals surface area contributed by atoms with Crippen LogP contribution in [0.5, 0.6) is 0 Å². The van der Waals surface area contributed by atoms with Crippen molar-refractivity contribution < 1.29 is 4.52 Å². The molecule has 2 unspecified atom stereocenters. The number of nitrogens with two attached hydrogens (primary N) is 1. The van der Waals surface area contributed by atoms with Gasteiger partial charge in [0.2, 0.25) is 5.89 Å². The topological polar surface area (TPSA) is 68.2 Å². The molecule has 0 aliphatic carbocycles. The first-order valence-electron chi connectivity index (χ1n) is 6.89. The number of nitrogens with zero attached hydrogens (tertiary/aromatic N) is 3. The Labute approximate surface area is 109 Å². The van der Waals surface area contributed by atoms with Crippen molar-refractivity contribution >= 4 is 0 Å². The van der Waals surface area contributed by atoms with Crippen molar-refractivity contribution in [2.24, 2.45) is 11.7 Å². The maximum atomic E-state index is 6.14. The minimum absolute atomic E-state index is 0.139. The molecule has 18 heavy (non-hydrogen) atoms. The fourth-order valence-corrected chi connectivity index (χ4v) is 2.19. The van der Waals surface area contributed by atoms with Crippen LogP contribution >= 0.6 is 0 Å². The van der Waals surface area contributed by atoms with Gasteiger partial charge in [-0.05, 0) is 31.8 Å². The van der Waals surface area contributed by atoms with E-state index in [9.17, 15) is 0 Å². The van der Waals surface area contributed by atoms with Gasteiger partial charge in [-0.1, -0.05) is 25.9 Å². The van der Waals surface area contributed by atoms with Crippen LogP contribution in [-0.4, -0.2) is 34.7 Å². The van der Waals surface area contributed by atoms with Crippen LogP contribution in [0.3, 0.4) is 0 Å². The zero-order valence-corrected chi connectivity index (χ0v) is 11.6. The number of likely N-dealkylation sites (tertiary alicyclic amines) is 1. The Balaban J connectivity index is 1.95. The lowest BCUT2D eigenvalue weighted by Gasteiger charge is -2.17. The molecule has 5 heteroatoms. The fraction of sp³-hybridized carbons (Fsp3) is 0.846. The van der Waals surface area contributed by atoms with E-state index in [-0.39, 0.29) is 12.0 Å². The van der Waals surface area contributed by atoms with Crippen LogP contribution < -0.4 is 5.73 Å².